The molecule has 2 atom stereocenters. The van der Waals surface area contributed by atoms with Gasteiger partial charge in [-0.2, -0.15) is 0 Å². The second kappa shape index (κ2) is 6.25. The number of hydrogen-bond donors (Lipinski definition) is 0. The molecule has 0 aliphatic carbocycles. The molecular formula is C20H18ClN3O2. The van der Waals surface area contributed by atoms with Crippen LogP contribution in [0.2, 0.25) is 5.02 Å². The first kappa shape index (κ1) is 16.8. The molecule has 26 heavy (non-hydrogen) atoms. The van der Waals surface area contributed by atoms with Crippen molar-refractivity contribution < 1.29 is 4.79 Å². The number of rotatable bonds is 2. The van der Waals surface area contributed by atoms with E-state index >= 15 is 0 Å². The fourth-order valence-corrected chi connectivity index (χ4v) is 3.83. The Labute approximate surface area is 155 Å². The molecule has 0 N–H and O–H groups in total. The van der Waals surface area contributed by atoms with Crippen molar-refractivity contribution in [1.82, 2.24) is 14.5 Å². The van der Waals surface area contributed by atoms with Gasteiger partial charge in [-0.25, -0.2) is 4.98 Å². The third-order valence-electron chi connectivity index (χ3n) is 5.01. The number of nitrogens with zero attached hydrogens (tertiary/aromatic N) is 3. The zero-order valence-electron chi connectivity index (χ0n) is 14.5. The van der Waals surface area contributed by atoms with Gasteiger partial charge in [0.25, 0.3) is 5.56 Å². The molecule has 0 spiro atoms. The Balaban J connectivity index is 1.92. The predicted molar refractivity (Wildman–Crippen MR) is 101 cm³/mol. The van der Waals surface area contributed by atoms with E-state index in [9.17, 15) is 9.59 Å². The number of carbonyl (C=O) groups excluding carboxylic acids is 1. The van der Waals surface area contributed by atoms with E-state index in [0.717, 1.165) is 5.56 Å². The van der Waals surface area contributed by atoms with Crippen LogP contribution in [-0.2, 0) is 11.2 Å². The molecule has 132 valence electrons. The second-order valence-electron chi connectivity index (χ2n) is 6.64. The Bertz CT molecular complexity index is 1080. The van der Waals surface area contributed by atoms with Crippen LogP contribution in [0.1, 0.15) is 30.4 Å². The summed E-state index contributed by atoms with van der Waals surface area (Å²) in [7, 11) is 1.76. The first-order valence-electron chi connectivity index (χ1n) is 8.49. The van der Waals surface area contributed by atoms with E-state index in [1.54, 1.807) is 29.5 Å². The van der Waals surface area contributed by atoms with Gasteiger partial charge in [0.15, 0.2) is 0 Å². The van der Waals surface area contributed by atoms with E-state index < -0.39 is 6.04 Å². The molecule has 2 heterocycles. The maximum absolute atomic E-state index is 13.0. The molecule has 3 aromatic rings. The van der Waals surface area contributed by atoms with Gasteiger partial charge in [-0.05, 0) is 36.8 Å². The lowest BCUT2D eigenvalue weighted by Crippen LogP contribution is -2.48. The summed E-state index contributed by atoms with van der Waals surface area (Å²) in [6.45, 7) is 1.75. The van der Waals surface area contributed by atoms with Crippen molar-refractivity contribution in [3.63, 3.8) is 0 Å². The molecule has 1 aliphatic heterocycles. The quantitative estimate of drug-likeness (QED) is 0.697. The third kappa shape index (κ3) is 2.59. The fraction of sp³-hybridized carbons (Fsp3) is 0.250. The van der Waals surface area contributed by atoms with Gasteiger partial charge in [0, 0.05) is 18.5 Å². The van der Waals surface area contributed by atoms with Gasteiger partial charge in [0.2, 0.25) is 5.91 Å². The molecule has 0 unspecified atom stereocenters. The SMILES string of the molecule is C[C@H]1C(=O)N(C)[C@H](Cc2cccc(Cl)c2)c2nc3ccccc3c(=O)n21. The molecule has 0 bridgehead atoms. The van der Waals surface area contributed by atoms with Crippen LogP contribution in [0.3, 0.4) is 0 Å². The number of fused-ring (bicyclic) bond motifs is 2. The minimum atomic E-state index is -0.574. The van der Waals surface area contributed by atoms with Gasteiger partial charge >= 0.3 is 0 Å². The molecule has 1 aromatic heterocycles. The molecule has 0 fully saturated rings. The maximum atomic E-state index is 13.0. The highest BCUT2D eigenvalue weighted by Crippen LogP contribution is 2.32. The fourth-order valence-electron chi connectivity index (χ4n) is 3.62. The van der Waals surface area contributed by atoms with E-state index in [4.69, 9.17) is 16.6 Å². The highest BCUT2D eigenvalue weighted by Gasteiger charge is 2.37. The summed E-state index contributed by atoms with van der Waals surface area (Å²) < 4.78 is 1.54. The Kier molecular flexibility index (Phi) is 4.04. The number of hydrogen-bond acceptors (Lipinski definition) is 3. The van der Waals surface area contributed by atoms with Crippen LogP contribution in [0.4, 0.5) is 0 Å². The minimum absolute atomic E-state index is 0.0938. The normalized spacial score (nSPS) is 19.7. The lowest BCUT2D eigenvalue weighted by molar-refractivity contribution is -0.137. The summed E-state index contributed by atoms with van der Waals surface area (Å²) in [5.74, 6) is 0.520. The van der Waals surface area contributed by atoms with Crippen molar-refractivity contribution in [2.45, 2.75) is 25.4 Å². The average Bonchev–Trinajstić information content (AvgIpc) is 2.63. The van der Waals surface area contributed by atoms with Crippen molar-refractivity contribution in [3.8, 4) is 0 Å². The van der Waals surface area contributed by atoms with Gasteiger partial charge in [-0.15, -0.1) is 0 Å². The number of aromatic nitrogens is 2. The third-order valence-corrected chi connectivity index (χ3v) is 5.25. The van der Waals surface area contributed by atoms with E-state index in [2.05, 4.69) is 0 Å². The van der Waals surface area contributed by atoms with Crippen LogP contribution >= 0.6 is 11.6 Å². The summed E-state index contributed by atoms with van der Waals surface area (Å²) in [5, 5.41) is 1.17. The lowest BCUT2D eigenvalue weighted by Gasteiger charge is -2.37. The summed E-state index contributed by atoms with van der Waals surface area (Å²) in [4.78, 5) is 32.2. The van der Waals surface area contributed by atoms with Crippen LogP contribution in [0.25, 0.3) is 10.9 Å². The standard InChI is InChI=1S/C20H18ClN3O2/c1-12-19(25)23(2)17(11-13-6-5-7-14(21)10-13)18-22-16-9-4-3-8-15(16)20(26)24(12)18/h3-10,12,17H,11H2,1-2H3/t12-,17+/m0/s1. The summed E-state index contributed by atoms with van der Waals surface area (Å²) in [5.41, 5.74) is 1.47. The number of para-hydroxylation sites is 1. The van der Waals surface area contributed by atoms with E-state index in [-0.39, 0.29) is 17.5 Å². The maximum Gasteiger partial charge on any atom is 0.262 e. The number of carbonyl (C=O) groups is 1. The topological polar surface area (TPSA) is 55.2 Å². The summed E-state index contributed by atoms with van der Waals surface area (Å²) >= 11 is 6.10. The van der Waals surface area contributed by atoms with Crippen molar-refractivity contribution in [3.05, 3.63) is 75.3 Å². The molecule has 0 saturated carbocycles. The van der Waals surface area contributed by atoms with Crippen LogP contribution in [0.5, 0.6) is 0 Å². The highest BCUT2D eigenvalue weighted by molar-refractivity contribution is 6.30. The van der Waals surface area contributed by atoms with Crippen molar-refractivity contribution >= 4 is 28.4 Å². The zero-order valence-corrected chi connectivity index (χ0v) is 15.3. The van der Waals surface area contributed by atoms with Gasteiger partial charge in [-0.1, -0.05) is 35.9 Å². The largest absolute Gasteiger partial charge is 0.333 e. The first-order valence-corrected chi connectivity index (χ1v) is 8.87. The number of halogens is 1. The molecular weight excluding hydrogens is 350 g/mol. The molecule has 0 radical (unpaired) electrons. The molecule has 5 nitrogen and oxygen atoms in total. The van der Waals surface area contributed by atoms with Gasteiger partial charge < -0.3 is 4.90 Å². The molecule has 1 amide bonds. The highest BCUT2D eigenvalue weighted by atomic mass is 35.5. The second-order valence-corrected chi connectivity index (χ2v) is 7.07. The van der Waals surface area contributed by atoms with Crippen LogP contribution in [0.15, 0.2) is 53.3 Å². The van der Waals surface area contributed by atoms with Crippen LogP contribution in [-0.4, -0.2) is 27.4 Å². The predicted octanol–water partition coefficient (Wildman–Crippen LogP) is 3.37. The van der Waals surface area contributed by atoms with Crippen LogP contribution < -0.4 is 5.56 Å². The zero-order chi connectivity index (χ0) is 18.4. The lowest BCUT2D eigenvalue weighted by atomic mass is 10.00. The Hall–Kier alpha value is -2.66. The molecule has 6 heteroatoms. The van der Waals surface area contributed by atoms with E-state index in [1.807, 2.05) is 42.5 Å². The summed E-state index contributed by atoms with van der Waals surface area (Å²) in [6, 6.07) is 13.9. The monoisotopic (exact) mass is 367 g/mol. The molecule has 1 aliphatic rings. The molecule has 4 rings (SSSR count). The van der Waals surface area contributed by atoms with E-state index in [1.165, 1.54) is 0 Å². The number of amides is 1. The Morgan fingerprint density at radius 1 is 1.12 bits per heavy atom. The smallest absolute Gasteiger partial charge is 0.262 e. The van der Waals surface area contributed by atoms with Crippen molar-refractivity contribution in [2.75, 3.05) is 7.05 Å². The average molecular weight is 368 g/mol. The number of likely N-dealkylation sites (N-methyl/N-ethyl adjacent to an activating group) is 1. The Morgan fingerprint density at radius 2 is 1.88 bits per heavy atom. The van der Waals surface area contributed by atoms with E-state index in [0.29, 0.717) is 28.2 Å². The first-order chi connectivity index (χ1) is 12.5. The molecule has 0 saturated heterocycles. The van der Waals surface area contributed by atoms with Crippen LogP contribution in [0, 0.1) is 0 Å². The van der Waals surface area contributed by atoms with Crippen molar-refractivity contribution in [1.29, 1.82) is 0 Å². The number of benzene rings is 2. The minimum Gasteiger partial charge on any atom is -0.333 e. The van der Waals surface area contributed by atoms with Gasteiger partial charge in [0.05, 0.1) is 16.9 Å². The Morgan fingerprint density at radius 3 is 2.65 bits per heavy atom. The molecule has 2 aromatic carbocycles. The van der Waals surface area contributed by atoms with Crippen molar-refractivity contribution in [2.24, 2.45) is 0 Å². The van der Waals surface area contributed by atoms with Gasteiger partial charge in [0.1, 0.15) is 11.9 Å². The summed E-state index contributed by atoms with van der Waals surface area (Å²) in [6.07, 6.45) is 0.542. The van der Waals surface area contributed by atoms with Gasteiger partial charge in [-0.3, -0.25) is 14.2 Å².